The molecule has 3 aromatic carbocycles. The molecular formula is C24H22BrN3O. The van der Waals surface area contributed by atoms with E-state index in [1.165, 1.54) is 0 Å². The van der Waals surface area contributed by atoms with Crippen LogP contribution in [0.1, 0.15) is 10.4 Å². The zero-order chi connectivity index (χ0) is 19.5. The Morgan fingerprint density at radius 3 is 2.00 bits per heavy atom. The zero-order valence-electron chi connectivity index (χ0n) is 15.9. The summed E-state index contributed by atoms with van der Waals surface area (Å²) in [5.41, 5.74) is 4.95. The zero-order valence-corrected chi connectivity index (χ0v) is 17.6. The second kappa shape index (κ2) is 8.88. The minimum absolute atomic E-state index is 0. The van der Waals surface area contributed by atoms with Gasteiger partial charge in [-0.1, -0.05) is 72.8 Å². The summed E-state index contributed by atoms with van der Waals surface area (Å²) in [5, 5.41) is 8.51. The fraction of sp³-hybridized carbons (Fsp3) is 0.0833. The topological polar surface area (TPSA) is 50.8 Å². The molecule has 0 amide bonds. The summed E-state index contributed by atoms with van der Waals surface area (Å²) in [5.74, 6) is -0.0142. The highest BCUT2D eigenvalue weighted by molar-refractivity contribution is 8.93. The number of rotatable bonds is 6. The number of carbonyl (C=O) groups excluding carboxylic acids is 1. The van der Waals surface area contributed by atoms with Crippen LogP contribution >= 0.6 is 17.0 Å². The molecule has 0 saturated carbocycles. The van der Waals surface area contributed by atoms with Crippen molar-refractivity contribution in [2.75, 3.05) is 0 Å². The Morgan fingerprint density at radius 2 is 1.38 bits per heavy atom. The number of nitrogens with one attached hydrogen (secondary N) is 1. The van der Waals surface area contributed by atoms with Gasteiger partial charge in [0.2, 0.25) is 5.62 Å². The first-order valence-electron chi connectivity index (χ1n) is 9.21. The predicted molar refractivity (Wildman–Crippen MR) is 123 cm³/mol. The lowest BCUT2D eigenvalue weighted by atomic mass is 10.0. The van der Waals surface area contributed by atoms with Crippen LogP contribution in [0.5, 0.6) is 0 Å². The molecule has 4 rings (SSSR count). The highest BCUT2D eigenvalue weighted by Crippen LogP contribution is 2.20. The van der Waals surface area contributed by atoms with Crippen molar-refractivity contribution in [2.24, 2.45) is 0 Å². The number of aromatic nitrogens is 2. The number of ketones is 1. The average Bonchev–Trinajstić information content (AvgIpc) is 3.01. The molecule has 0 aliphatic heterocycles. The number of Topliss-reactive ketones (excluding diaryl/α,β-unsaturated/α-hetero) is 1. The van der Waals surface area contributed by atoms with Crippen molar-refractivity contribution in [1.82, 2.24) is 9.13 Å². The minimum atomic E-state index is -0.0142. The van der Waals surface area contributed by atoms with Crippen molar-refractivity contribution >= 4 is 33.8 Å². The van der Waals surface area contributed by atoms with E-state index in [0.717, 1.165) is 22.2 Å². The summed E-state index contributed by atoms with van der Waals surface area (Å²) >= 11 is 0. The molecule has 0 aliphatic rings. The third-order valence-corrected chi connectivity index (χ3v) is 4.90. The lowest BCUT2D eigenvalue weighted by Gasteiger charge is -2.06. The van der Waals surface area contributed by atoms with E-state index < -0.39 is 0 Å². The third kappa shape index (κ3) is 4.00. The summed E-state index contributed by atoms with van der Waals surface area (Å²) < 4.78 is 3.61. The van der Waals surface area contributed by atoms with Gasteiger partial charge in [0, 0.05) is 12.1 Å². The second-order valence-electron chi connectivity index (χ2n) is 6.66. The Balaban J connectivity index is 0.00000240. The van der Waals surface area contributed by atoms with Crippen molar-refractivity contribution in [3.05, 3.63) is 103 Å². The molecule has 146 valence electrons. The molecule has 0 spiro atoms. The molecule has 0 atom stereocenters. The number of para-hydroxylation sites is 2. The summed E-state index contributed by atoms with van der Waals surface area (Å²) in [4.78, 5) is 12.9. The third-order valence-electron chi connectivity index (χ3n) is 4.90. The molecule has 1 aromatic heterocycles. The standard InChI is InChI=1S/C24H21N3O.BrH/c1-2-16-26-21-10-6-7-11-22(21)27(24(26)25)17-23(28)20-14-12-19(13-15-20)18-8-4-3-5-9-18;/h2-15,25H,1,16-17H2;1H. The van der Waals surface area contributed by atoms with Crippen LogP contribution in [0, 0.1) is 5.41 Å². The van der Waals surface area contributed by atoms with E-state index in [1.807, 2.05) is 83.4 Å². The maximum atomic E-state index is 12.9. The number of fused-ring (bicyclic) bond motifs is 1. The Morgan fingerprint density at radius 1 is 0.828 bits per heavy atom. The van der Waals surface area contributed by atoms with Crippen LogP contribution in [0.2, 0.25) is 0 Å². The smallest absolute Gasteiger partial charge is 0.203 e. The van der Waals surface area contributed by atoms with Gasteiger partial charge in [0.1, 0.15) is 0 Å². The molecular weight excluding hydrogens is 426 g/mol. The van der Waals surface area contributed by atoms with Crippen LogP contribution in [0.3, 0.4) is 0 Å². The Kier molecular flexibility index (Phi) is 6.29. The molecule has 4 nitrogen and oxygen atoms in total. The van der Waals surface area contributed by atoms with E-state index in [4.69, 9.17) is 5.41 Å². The number of hydrogen-bond acceptors (Lipinski definition) is 2. The monoisotopic (exact) mass is 447 g/mol. The van der Waals surface area contributed by atoms with Gasteiger partial charge in [-0.2, -0.15) is 0 Å². The van der Waals surface area contributed by atoms with E-state index in [9.17, 15) is 4.79 Å². The van der Waals surface area contributed by atoms with Gasteiger partial charge in [-0.25, -0.2) is 0 Å². The van der Waals surface area contributed by atoms with Crippen LogP contribution in [0.4, 0.5) is 0 Å². The van der Waals surface area contributed by atoms with Crippen LogP contribution in [-0.4, -0.2) is 14.9 Å². The van der Waals surface area contributed by atoms with Gasteiger partial charge in [-0.05, 0) is 23.3 Å². The largest absolute Gasteiger partial charge is 0.307 e. The molecule has 1 N–H and O–H groups in total. The molecule has 5 heteroatoms. The number of benzene rings is 3. The van der Waals surface area contributed by atoms with Crippen molar-refractivity contribution in [3.8, 4) is 11.1 Å². The maximum Gasteiger partial charge on any atom is 0.203 e. The summed E-state index contributed by atoms with van der Waals surface area (Å²) in [6, 6.07) is 25.5. The Labute approximate surface area is 180 Å². The van der Waals surface area contributed by atoms with Crippen LogP contribution in [0.25, 0.3) is 22.2 Å². The van der Waals surface area contributed by atoms with Crippen molar-refractivity contribution in [2.45, 2.75) is 13.1 Å². The summed E-state index contributed by atoms with van der Waals surface area (Å²) in [6.07, 6.45) is 1.76. The summed E-state index contributed by atoms with van der Waals surface area (Å²) in [7, 11) is 0. The summed E-state index contributed by atoms with van der Waals surface area (Å²) in [6.45, 7) is 4.44. The number of halogens is 1. The fourth-order valence-corrected chi connectivity index (χ4v) is 3.48. The van der Waals surface area contributed by atoms with Crippen LogP contribution in [0.15, 0.2) is 91.5 Å². The first-order chi connectivity index (χ1) is 13.7. The van der Waals surface area contributed by atoms with E-state index in [-0.39, 0.29) is 29.3 Å². The van der Waals surface area contributed by atoms with Gasteiger partial charge < -0.3 is 9.13 Å². The number of allylic oxidation sites excluding steroid dienone is 1. The first-order valence-corrected chi connectivity index (χ1v) is 9.21. The molecule has 0 bridgehead atoms. The highest BCUT2D eigenvalue weighted by Gasteiger charge is 2.14. The van der Waals surface area contributed by atoms with E-state index >= 15 is 0 Å². The first kappa shape index (κ1) is 20.6. The SMILES string of the molecule is Br.C=CCn1c(=N)n(CC(=O)c2ccc(-c3ccccc3)cc2)c2ccccc21. The lowest BCUT2D eigenvalue weighted by Crippen LogP contribution is -2.27. The maximum absolute atomic E-state index is 12.9. The molecule has 29 heavy (non-hydrogen) atoms. The highest BCUT2D eigenvalue weighted by atomic mass is 79.9. The van der Waals surface area contributed by atoms with Gasteiger partial charge in [0.25, 0.3) is 0 Å². The number of imidazole rings is 1. The van der Waals surface area contributed by atoms with Crippen molar-refractivity contribution in [1.29, 1.82) is 5.41 Å². The normalized spacial score (nSPS) is 10.5. The van der Waals surface area contributed by atoms with Crippen molar-refractivity contribution < 1.29 is 4.79 Å². The van der Waals surface area contributed by atoms with Gasteiger partial charge in [0.15, 0.2) is 5.78 Å². The van der Waals surface area contributed by atoms with Gasteiger partial charge >= 0.3 is 0 Å². The Hall–Kier alpha value is -3.18. The van der Waals surface area contributed by atoms with Crippen LogP contribution in [-0.2, 0) is 13.1 Å². The fourth-order valence-electron chi connectivity index (χ4n) is 3.48. The van der Waals surface area contributed by atoms with E-state index in [1.54, 1.807) is 10.6 Å². The lowest BCUT2D eigenvalue weighted by molar-refractivity contribution is 0.0971. The van der Waals surface area contributed by atoms with Crippen molar-refractivity contribution in [3.63, 3.8) is 0 Å². The molecule has 0 unspecified atom stereocenters. The van der Waals surface area contributed by atoms with Gasteiger partial charge in [0.05, 0.1) is 17.6 Å². The van der Waals surface area contributed by atoms with Gasteiger partial charge in [-0.3, -0.25) is 10.2 Å². The second-order valence-corrected chi connectivity index (χ2v) is 6.66. The molecule has 0 radical (unpaired) electrons. The number of hydrogen-bond donors (Lipinski definition) is 1. The molecule has 1 heterocycles. The average molecular weight is 448 g/mol. The minimum Gasteiger partial charge on any atom is -0.307 e. The molecule has 0 saturated heterocycles. The van der Waals surface area contributed by atoms with E-state index in [2.05, 4.69) is 6.58 Å². The number of nitrogens with zero attached hydrogens (tertiary/aromatic N) is 2. The van der Waals surface area contributed by atoms with Gasteiger partial charge in [-0.15, -0.1) is 23.6 Å². The number of carbonyl (C=O) groups is 1. The predicted octanol–water partition coefficient (Wildman–Crippen LogP) is 5.24. The molecule has 0 fully saturated rings. The quantitative estimate of drug-likeness (QED) is 0.319. The van der Waals surface area contributed by atoms with Crippen LogP contribution < -0.4 is 5.62 Å². The van der Waals surface area contributed by atoms with E-state index in [0.29, 0.717) is 17.7 Å². The molecule has 4 aromatic rings. The molecule has 0 aliphatic carbocycles. The Bertz CT molecular complexity index is 1200.